The molecule has 2 nitrogen and oxygen atoms in total. The first kappa shape index (κ1) is 13.8. The highest BCUT2D eigenvalue weighted by atomic mass is 35.5. The van der Waals surface area contributed by atoms with Gasteiger partial charge in [0, 0.05) is 9.75 Å². The van der Waals surface area contributed by atoms with Crippen LogP contribution < -0.4 is 9.47 Å². The van der Waals surface area contributed by atoms with Crippen LogP contribution in [0.4, 0.5) is 0 Å². The van der Waals surface area contributed by atoms with Crippen molar-refractivity contribution in [2.45, 2.75) is 24.6 Å². The topological polar surface area (TPSA) is 18.5 Å². The fraction of sp³-hybridized carbons (Fsp3) is 0.375. The minimum absolute atomic E-state index is 0.120. The van der Waals surface area contributed by atoms with Gasteiger partial charge in [0.2, 0.25) is 0 Å². The molecule has 1 aromatic heterocycles. The van der Waals surface area contributed by atoms with Crippen molar-refractivity contribution in [3.05, 3.63) is 45.1 Å². The number of hydrogen-bond acceptors (Lipinski definition) is 3. The summed E-state index contributed by atoms with van der Waals surface area (Å²) in [5.41, 5.74) is 2.53. The van der Waals surface area contributed by atoms with Gasteiger partial charge in [-0.3, -0.25) is 0 Å². The number of benzene rings is 1. The zero-order chi connectivity index (χ0) is 14.1. The van der Waals surface area contributed by atoms with Crippen LogP contribution in [-0.2, 0) is 12.8 Å². The monoisotopic (exact) mass is 308 g/mol. The maximum Gasteiger partial charge on any atom is 0.161 e. The first-order chi connectivity index (χ1) is 9.72. The van der Waals surface area contributed by atoms with Crippen LogP contribution in [0.5, 0.6) is 11.5 Å². The second-order valence-corrected chi connectivity index (χ2v) is 6.53. The van der Waals surface area contributed by atoms with Crippen molar-refractivity contribution in [1.82, 2.24) is 0 Å². The van der Waals surface area contributed by atoms with Crippen molar-refractivity contribution in [1.29, 1.82) is 0 Å². The molecule has 0 bridgehead atoms. The smallest absolute Gasteiger partial charge is 0.161 e. The van der Waals surface area contributed by atoms with Crippen molar-refractivity contribution < 1.29 is 9.47 Å². The Morgan fingerprint density at radius 3 is 2.60 bits per heavy atom. The van der Waals surface area contributed by atoms with Gasteiger partial charge in [-0.2, -0.15) is 0 Å². The lowest BCUT2D eigenvalue weighted by Crippen LogP contribution is -1.95. The number of rotatable bonds is 4. The summed E-state index contributed by atoms with van der Waals surface area (Å²) in [6.45, 7) is 0. The molecule has 0 aliphatic heterocycles. The number of aryl methyl sites for hydroxylation is 2. The quantitative estimate of drug-likeness (QED) is 0.770. The maximum absolute atomic E-state index is 6.64. The van der Waals surface area contributed by atoms with E-state index in [2.05, 4.69) is 6.07 Å². The zero-order valence-corrected chi connectivity index (χ0v) is 13.2. The van der Waals surface area contributed by atoms with E-state index in [9.17, 15) is 0 Å². The molecule has 0 saturated heterocycles. The van der Waals surface area contributed by atoms with Crippen molar-refractivity contribution in [3.8, 4) is 11.5 Å². The summed E-state index contributed by atoms with van der Waals surface area (Å²) in [6, 6.07) is 8.14. The van der Waals surface area contributed by atoms with Crippen LogP contribution in [-0.4, -0.2) is 14.2 Å². The summed E-state index contributed by atoms with van der Waals surface area (Å²) in [5, 5.41) is -0.120. The molecule has 1 heterocycles. The van der Waals surface area contributed by atoms with E-state index in [1.807, 2.05) is 29.5 Å². The summed E-state index contributed by atoms with van der Waals surface area (Å²) >= 11 is 8.48. The number of ether oxygens (including phenoxy) is 2. The second kappa shape index (κ2) is 5.66. The summed E-state index contributed by atoms with van der Waals surface area (Å²) < 4.78 is 10.6. The van der Waals surface area contributed by atoms with Gasteiger partial charge in [0.05, 0.1) is 19.6 Å². The first-order valence-electron chi connectivity index (χ1n) is 6.70. The van der Waals surface area contributed by atoms with E-state index in [1.165, 1.54) is 34.6 Å². The van der Waals surface area contributed by atoms with Crippen LogP contribution in [0.1, 0.15) is 32.7 Å². The molecule has 3 rings (SSSR count). The third-order valence-corrected chi connectivity index (χ3v) is 5.63. The summed E-state index contributed by atoms with van der Waals surface area (Å²) in [5.74, 6) is 1.45. The predicted octanol–water partition coefficient (Wildman–Crippen LogP) is 4.58. The molecule has 1 atom stereocenters. The second-order valence-electron chi connectivity index (χ2n) is 4.93. The predicted molar refractivity (Wildman–Crippen MR) is 83.6 cm³/mol. The van der Waals surface area contributed by atoms with Crippen LogP contribution in [0.3, 0.4) is 0 Å². The van der Waals surface area contributed by atoms with E-state index in [0.717, 1.165) is 17.1 Å². The number of thiophene rings is 1. The molecule has 4 heteroatoms. The summed E-state index contributed by atoms with van der Waals surface area (Å²) in [7, 11) is 3.28. The van der Waals surface area contributed by atoms with Gasteiger partial charge in [0.25, 0.3) is 0 Å². The maximum atomic E-state index is 6.64. The lowest BCUT2D eigenvalue weighted by molar-refractivity contribution is 0.354. The van der Waals surface area contributed by atoms with Gasteiger partial charge in [-0.1, -0.05) is 6.07 Å². The van der Waals surface area contributed by atoms with E-state index in [1.54, 1.807) is 14.2 Å². The zero-order valence-electron chi connectivity index (χ0n) is 11.6. The Morgan fingerprint density at radius 1 is 1.10 bits per heavy atom. The normalized spacial score (nSPS) is 14.9. The molecule has 1 aliphatic rings. The minimum Gasteiger partial charge on any atom is -0.493 e. The standard InChI is InChI=1S/C16H17ClO2S/c1-18-12-7-6-11(8-13(12)19-2)16(17)15-9-10-4-3-5-14(10)20-15/h6-9,16H,3-5H2,1-2H3. The highest BCUT2D eigenvalue weighted by molar-refractivity contribution is 7.12. The minimum atomic E-state index is -0.120. The molecule has 2 aromatic rings. The van der Waals surface area contributed by atoms with Crippen LogP contribution in [0.2, 0.25) is 0 Å². The molecule has 0 radical (unpaired) electrons. The van der Waals surface area contributed by atoms with E-state index in [4.69, 9.17) is 21.1 Å². The Morgan fingerprint density at radius 2 is 1.90 bits per heavy atom. The van der Waals surface area contributed by atoms with Crippen molar-refractivity contribution in [2.75, 3.05) is 14.2 Å². The number of halogens is 1. The van der Waals surface area contributed by atoms with E-state index in [0.29, 0.717) is 0 Å². The molecular formula is C16H17ClO2S. The molecule has 0 N–H and O–H groups in total. The van der Waals surface area contributed by atoms with Crippen molar-refractivity contribution in [3.63, 3.8) is 0 Å². The van der Waals surface area contributed by atoms with Gasteiger partial charge in [-0.05, 0) is 48.6 Å². The molecule has 1 aliphatic carbocycles. The highest BCUT2D eigenvalue weighted by Gasteiger charge is 2.20. The fourth-order valence-corrected chi connectivity index (χ4v) is 4.25. The molecule has 106 valence electrons. The van der Waals surface area contributed by atoms with Gasteiger partial charge in [0.1, 0.15) is 0 Å². The SMILES string of the molecule is COc1ccc(C(Cl)c2cc3c(s2)CCC3)cc1OC. The number of alkyl halides is 1. The molecule has 0 spiro atoms. The van der Waals surface area contributed by atoms with E-state index in [-0.39, 0.29) is 5.38 Å². The lowest BCUT2D eigenvalue weighted by Gasteiger charge is -2.12. The van der Waals surface area contributed by atoms with Crippen molar-refractivity contribution >= 4 is 22.9 Å². The highest BCUT2D eigenvalue weighted by Crippen LogP contribution is 2.41. The van der Waals surface area contributed by atoms with Crippen molar-refractivity contribution in [2.24, 2.45) is 0 Å². The largest absolute Gasteiger partial charge is 0.493 e. The average molecular weight is 309 g/mol. The van der Waals surface area contributed by atoms with E-state index >= 15 is 0 Å². The third-order valence-electron chi connectivity index (χ3n) is 3.72. The Hall–Kier alpha value is -1.19. The van der Waals surface area contributed by atoms with Crippen LogP contribution in [0.25, 0.3) is 0 Å². The molecule has 1 unspecified atom stereocenters. The lowest BCUT2D eigenvalue weighted by atomic mass is 10.1. The Bertz CT molecular complexity index is 599. The molecule has 0 amide bonds. The van der Waals surface area contributed by atoms with Crippen LogP contribution in [0, 0.1) is 0 Å². The summed E-state index contributed by atoms with van der Waals surface area (Å²) in [6.07, 6.45) is 3.68. The van der Waals surface area contributed by atoms with Gasteiger partial charge in [-0.25, -0.2) is 0 Å². The molecule has 1 aromatic carbocycles. The van der Waals surface area contributed by atoms with Crippen LogP contribution in [0.15, 0.2) is 24.3 Å². The van der Waals surface area contributed by atoms with Gasteiger partial charge >= 0.3 is 0 Å². The Kier molecular flexibility index (Phi) is 3.90. The Balaban J connectivity index is 1.91. The number of methoxy groups -OCH3 is 2. The molecule has 0 fully saturated rings. The molecule has 0 saturated carbocycles. The number of fused-ring (bicyclic) bond motifs is 1. The fourth-order valence-electron chi connectivity index (χ4n) is 2.65. The number of hydrogen-bond donors (Lipinski definition) is 0. The third kappa shape index (κ3) is 2.40. The molecule has 20 heavy (non-hydrogen) atoms. The van der Waals surface area contributed by atoms with Gasteiger partial charge in [-0.15, -0.1) is 22.9 Å². The summed E-state index contributed by atoms with van der Waals surface area (Å²) in [4.78, 5) is 2.73. The Labute approximate surface area is 128 Å². The average Bonchev–Trinajstić information content (AvgIpc) is 3.06. The van der Waals surface area contributed by atoms with E-state index < -0.39 is 0 Å². The van der Waals surface area contributed by atoms with Crippen LogP contribution >= 0.6 is 22.9 Å². The van der Waals surface area contributed by atoms with Gasteiger partial charge in [0.15, 0.2) is 11.5 Å². The molecular weight excluding hydrogens is 292 g/mol. The van der Waals surface area contributed by atoms with Gasteiger partial charge < -0.3 is 9.47 Å². The first-order valence-corrected chi connectivity index (χ1v) is 7.95.